The zero-order valence-corrected chi connectivity index (χ0v) is 25.8. The number of amides is 1. The van der Waals surface area contributed by atoms with Crippen molar-refractivity contribution in [1.29, 1.82) is 0 Å². The van der Waals surface area contributed by atoms with Crippen LogP contribution >= 0.6 is 0 Å². The van der Waals surface area contributed by atoms with Gasteiger partial charge >= 0.3 is 6.18 Å². The first kappa shape index (κ1) is 31.9. The van der Waals surface area contributed by atoms with E-state index in [4.69, 9.17) is 0 Å². The number of nitrogens with one attached hydrogen (secondary N) is 1. The number of benzene rings is 1. The highest BCUT2D eigenvalue weighted by Crippen LogP contribution is 2.34. The fourth-order valence-corrected chi connectivity index (χ4v) is 4.89. The van der Waals surface area contributed by atoms with Crippen molar-refractivity contribution in [2.45, 2.75) is 12.7 Å². The molecular formula is C32H36F3N9O. The second kappa shape index (κ2) is 13.6. The van der Waals surface area contributed by atoms with Gasteiger partial charge in [0.2, 0.25) is 0 Å². The quantitative estimate of drug-likeness (QED) is 0.300. The molecule has 13 heteroatoms. The summed E-state index contributed by atoms with van der Waals surface area (Å²) >= 11 is 0. The van der Waals surface area contributed by atoms with E-state index in [1.807, 2.05) is 50.1 Å². The Morgan fingerprint density at radius 1 is 0.978 bits per heavy atom. The molecule has 0 saturated carbocycles. The Bertz CT molecular complexity index is 1720. The molecule has 1 aromatic carbocycles. The molecule has 0 spiro atoms. The Hall–Kier alpha value is -4.51. The lowest BCUT2D eigenvalue weighted by Crippen LogP contribution is -2.44. The fraction of sp³-hybridized carbons (Fsp3) is 0.375. The van der Waals surface area contributed by atoms with Crippen LogP contribution in [0.25, 0.3) is 5.65 Å². The first-order valence-corrected chi connectivity index (χ1v) is 14.6. The van der Waals surface area contributed by atoms with Gasteiger partial charge in [0.25, 0.3) is 5.91 Å². The number of pyridine rings is 1. The smallest absolute Gasteiger partial charge is 0.357 e. The largest absolute Gasteiger partial charge is 0.416 e. The Labute approximate surface area is 260 Å². The molecule has 5 rings (SSSR count). The van der Waals surface area contributed by atoms with Gasteiger partial charge in [-0.2, -0.15) is 13.2 Å². The third-order valence-corrected chi connectivity index (χ3v) is 7.62. The van der Waals surface area contributed by atoms with Crippen LogP contribution in [-0.4, -0.2) is 108 Å². The molecule has 0 unspecified atom stereocenters. The Kier molecular flexibility index (Phi) is 9.67. The van der Waals surface area contributed by atoms with Crippen LogP contribution < -0.4 is 10.2 Å². The second-order valence-corrected chi connectivity index (χ2v) is 11.4. The van der Waals surface area contributed by atoms with Gasteiger partial charge in [-0.1, -0.05) is 12.0 Å². The highest BCUT2D eigenvalue weighted by atomic mass is 19.4. The summed E-state index contributed by atoms with van der Waals surface area (Å²) in [5, 5.41) is 7.26. The molecule has 1 fully saturated rings. The Balaban J connectivity index is 1.30. The van der Waals surface area contributed by atoms with E-state index in [0.717, 1.165) is 38.1 Å². The van der Waals surface area contributed by atoms with E-state index in [-0.39, 0.29) is 23.4 Å². The molecular weight excluding hydrogens is 583 g/mol. The molecule has 1 saturated heterocycles. The number of aromatic nitrogens is 4. The lowest BCUT2D eigenvalue weighted by molar-refractivity contribution is -0.138. The monoisotopic (exact) mass is 619 g/mol. The van der Waals surface area contributed by atoms with Crippen molar-refractivity contribution in [1.82, 2.24) is 34.3 Å². The fourth-order valence-electron chi connectivity index (χ4n) is 4.89. The summed E-state index contributed by atoms with van der Waals surface area (Å²) in [6.07, 6.45) is -0.0856. The number of imidazole rings is 1. The molecule has 0 aliphatic carbocycles. The summed E-state index contributed by atoms with van der Waals surface area (Å²) in [4.78, 5) is 29.8. The number of likely N-dealkylation sites (N-methyl/N-ethyl adjacent to an activating group) is 3. The standard InChI is InChI=1S/C32H36F3N9O/c1-40(2)11-14-42(4)30-10-9-29-37-21-27(44(29)39-30)8-5-23-17-25(20-36-19-23)31(45)38-26-7-6-24(28(18-26)32(33,34)35)22-43-15-12-41(3)13-16-43/h6-7,9-10,17-21H,11-16,22H2,1-4H3,(H,38,45). The van der Waals surface area contributed by atoms with E-state index in [1.165, 1.54) is 24.5 Å². The van der Waals surface area contributed by atoms with Crippen molar-refractivity contribution in [2.75, 3.05) is 77.7 Å². The second-order valence-electron chi connectivity index (χ2n) is 11.4. The van der Waals surface area contributed by atoms with Crippen LogP contribution in [0, 0.1) is 11.8 Å². The summed E-state index contributed by atoms with van der Waals surface area (Å²) in [6.45, 7) is 4.86. The molecule has 0 atom stereocenters. The molecule has 10 nitrogen and oxygen atoms in total. The number of alkyl halides is 3. The first-order valence-electron chi connectivity index (χ1n) is 14.6. The van der Waals surface area contributed by atoms with Crippen LogP contribution in [0.4, 0.5) is 24.7 Å². The molecule has 0 radical (unpaired) electrons. The number of fused-ring (bicyclic) bond motifs is 1. The van der Waals surface area contributed by atoms with Gasteiger partial charge < -0.3 is 20.0 Å². The summed E-state index contributed by atoms with van der Waals surface area (Å²) in [6, 6.07) is 9.24. The normalized spacial score (nSPS) is 14.4. The van der Waals surface area contributed by atoms with Gasteiger partial charge in [0.05, 0.1) is 17.3 Å². The summed E-state index contributed by atoms with van der Waals surface area (Å²) in [5.74, 6) is 6.22. The predicted octanol–water partition coefficient (Wildman–Crippen LogP) is 3.54. The van der Waals surface area contributed by atoms with Crippen LogP contribution in [0.1, 0.15) is 32.7 Å². The van der Waals surface area contributed by atoms with Crippen LogP contribution in [0.5, 0.6) is 0 Å². The minimum absolute atomic E-state index is 0.0501. The van der Waals surface area contributed by atoms with Gasteiger partial charge in [-0.25, -0.2) is 9.50 Å². The number of carbonyl (C=O) groups is 1. The number of hydrogen-bond donors (Lipinski definition) is 1. The van der Waals surface area contributed by atoms with Gasteiger partial charge in [0.15, 0.2) is 5.65 Å². The van der Waals surface area contributed by atoms with Crippen molar-refractivity contribution in [3.05, 3.63) is 82.9 Å². The summed E-state index contributed by atoms with van der Waals surface area (Å²) < 4.78 is 43.7. The lowest BCUT2D eigenvalue weighted by atomic mass is 10.0. The predicted molar refractivity (Wildman–Crippen MR) is 167 cm³/mol. The Morgan fingerprint density at radius 3 is 2.49 bits per heavy atom. The molecule has 45 heavy (non-hydrogen) atoms. The number of carbonyl (C=O) groups excluding carboxylic acids is 1. The van der Waals surface area contributed by atoms with Crippen molar-refractivity contribution in [3.8, 4) is 11.8 Å². The number of nitrogens with zero attached hydrogens (tertiary/aromatic N) is 8. The molecule has 1 aliphatic rings. The molecule has 3 aromatic heterocycles. The number of anilines is 2. The average Bonchev–Trinajstić information content (AvgIpc) is 3.42. The minimum Gasteiger partial charge on any atom is -0.357 e. The Morgan fingerprint density at radius 2 is 1.76 bits per heavy atom. The molecule has 1 aliphatic heterocycles. The zero-order valence-electron chi connectivity index (χ0n) is 25.8. The van der Waals surface area contributed by atoms with E-state index >= 15 is 0 Å². The highest BCUT2D eigenvalue weighted by molar-refractivity contribution is 6.04. The molecule has 236 valence electrons. The number of piperazine rings is 1. The lowest BCUT2D eigenvalue weighted by Gasteiger charge is -2.33. The van der Waals surface area contributed by atoms with Crippen LogP contribution in [0.2, 0.25) is 0 Å². The maximum Gasteiger partial charge on any atom is 0.416 e. The highest BCUT2D eigenvalue weighted by Gasteiger charge is 2.34. The first-order chi connectivity index (χ1) is 21.5. The van der Waals surface area contributed by atoms with Gasteiger partial charge in [-0.05, 0) is 63.0 Å². The van der Waals surface area contributed by atoms with Crippen molar-refractivity contribution >= 4 is 23.1 Å². The summed E-state index contributed by atoms with van der Waals surface area (Å²) in [5.41, 5.74) is 1.29. The van der Waals surface area contributed by atoms with E-state index in [9.17, 15) is 18.0 Å². The topological polar surface area (TPSA) is 85.1 Å². The molecule has 0 bridgehead atoms. The van der Waals surface area contributed by atoms with Crippen molar-refractivity contribution in [3.63, 3.8) is 0 Å². The maximum atomic E-state index is 14.0. The van der Waals surface area contributed by atoms with Gasteiger partial charge in [0.1, 0.15) is 11.5 Å². The van der Waals surface area contributed by atoms with Crippen LogP contribution in [-0.2, 0) is 12.7 Å². The minimum atomic E-state index is -4.56. The van der Waals surface area contributed by atoms with Crippen LogP contribution in [0.3, 0.4) is 0 Å². The van der Waals surface area contributed by atoms with Crippen molar-refractivity contribution < 1.29 is 18.0 Å². The van der Waals surface area contributed by atoms with E-state index in [2.05, 4.69) is 42.0 Å². The van der Waals surface area contributed by atoms with Crippen LogP contribution in [0.15, 0.2) is 55.0 Å². The average molecular weight is 620 g/mol. The molecule has 4 aromatic rings. The third-order valence-electron chi connectivity index (χ3n) is 7.62. The van der Waals surface area contributed by atoms with E-state index in [1.54, 1.807) is 16.8 Å². The molecule has 4 heterocycles. The summed E-state index contributed by atoms with van der Waals surface area (Å²) in [7, 11) is 7.99. The number of hydrogen-bond acceptors (Lipinski definition) is 8. The van der Waals surface area contributed by atoms with Gasteiger partial charge in [-0.3, -0.25) is 14.7 Å². The number of rotatable bonds is 8. The van der Waals surface area contributed by atoms with E-state index < -0.39 is 17.6 Å². The van der Waals surface area contributed by atoms with E-state index in [0.29, 0.717) is 30.0 Å². The molecule has 1 amide bonds. The van der Waals surface area contributed by atoms with Crippen molar-refractivity contribution in [2.24, 2.45) is 0 Å². The maximum absolute atomic E-state index is 14.0. The molecule has 1 N–H and O–H groups in total. The van der Waals surface area contributed by atoms with Gasteiger partial charge in [0, 0.05) is 76.5 Å². The zero-order chi connectivity index (χ0) is 32.1. The SMILES string of the molecule is CN(C)CCN(C)c1ccc2ncc(C#Cc3cncc(C(=O)Nc4ccc(CN5CCN(C)CC5)c(C(F)(F)F)c4)c3)n2n1. The third kappa shape index (κ3) is 8.16. The van der Waals surface area contributed by atoms with Gasteiger partial charge in [-0.15, -0.1) is 5.10 Å². The number of halogens is 3.